The first kappa shape index (κ1) is 11.3. The highest BCUT2D eigenvalue weighted by molar-refractivity contribution is 7.99. The number of carbonyl (C=O) groups is 1. The Kier molecular flexibility index (Phi) is 3.71. The van der Waals surface area contributed by atoms with Gasteiger partial charge in [-0.25, -0.2) is 0 Å². The number of anilines is 1. The average molecular weight is 240 g/mol. The van der Waals surface area contributed by atoms with Crippen LogP contribution in [-0.4, -0.2) is 33.2 Å². The normalized spacial score (nSPS) is 20.6. The molecule has 1 fully saturated rings. The zero-order valence-corrected chi connectivity index (χ0v) is 9.87. The predicted molar refractivity (Wildman–Crippen MR) is 65.4 cm³/mol. The molecule has 0 aliphatic carbocycles. The minimum atomic E-state index is -0.372. The van der Waals surface area contributed by atoms with Gasteiger partial charge >= 0.3 is 0 Å². The predicted octanol–water partition coefficient (Wildman–Crippen LogP) is 0.676. The Balaban J connectivity index is 1.88. The maximum atomic E-state index is 10.7. The van der Waals surface area contributed by atoms with Crippen molar-refractivity contribution in [2.24, 2.45) is 5.73 Å². The number of nitrogens with one attached hydrogen (secondary N) is 1. The van der Waals surface area contributed by atoms with Gasteiger partial charge in [0.05, 0.1) is 11.9 Å². The lowest BCUT2D eigenvalue weighted by atomic mass is 10.2. The fourth-order valence-electron chi connectivity index (χ4n) is 1.77. The Hall–Kier alpha value is -1.17. The summed E-state index contributed by atoms with van der Waals surface area (Å²) in [6, 6.07) is 0.518. The summed E-state index contributed by atoms with van der Waals surface area (Å²) in [5.41, 5.74) is 6.06. The van der Waals surface area contributed by atoms with Gasteiger partial charge in [0, 0.05) is 18.0 Å². The van der Waals surface area contributed by atoms with Gasteiger partial charge < -0.3 is 11.1 Å². The molecule has 2 heterocycles. The minimum absolute atomic E-state index is 0.140. The van der Waals surface area contributed by atoms with E-state index >= 15 is 0 Å². The number of nitrogens with zero attached hydrogens (tertiary/aromatic N) is 2. The lowest BCUT2D eigenvalue weighted by molar-refractivity contribution is -0.118. The number of nitrogens with two attached hydrogens (primary N) is 1. The highest BCUT2D eigenvalue weighted by Gasteiger charge is 2.13. The van der Waals surface area contributed by atoms with Gasteiger partial charge in [0.2, 0.25) is 5.91 Å². The Labute approximate surface area is 98.8 Å². The molecule has 1 atom stereocenters. The molecule has 0 bridgehead atoms. The molecular weight excluding hydrogens is 224 g/mol. The molecule has 0 saturated carbocycles. The SMILES string of the molecule is NC(=O)Cn1cc(NC2CCCSC2)cn1. The van der Waals surface area contributed by atoms with E-state index in [4.69, 9.17) is 5.73 Å². The van der Waals surface area contributed by atoms with Crippen molar-refractivity contribution in [1.29, 1.82) is 0 Å². The van der Waals surface area contributed by atoms with Crippen molar-refractivity contribution >= 4 is 23.4 Å². The number of rotatable bonds is 4. The Morgan fingerprint density at radius 2 is 2.62 bits per heavy atom. The van der Waals surface area contributed by atoms with Crippen LogP contribution in [0.5, 0.6) is 0 Å². The van der Waals surface area contributed by atoms with E-state index in [9.17, 15) is 4.79 Å². The minimum Gasteiger partial charge on any atom is -0.379 e. The maximum Gasteiger partial charge on any atom is 0.239 e. The fourth-order valence-corrected chi connectivity index (χ4v) is 2.85. The average Bonchev–Trinajstić information content (AvgIpc) is 2.66. The molecule has 1 aromatic heterocycles. The monoisotopic (exact) mass is 240 g/mol. The lowest BCUT2D eigenvalue weighted by Gasteiger charge is -2.22. The summed E-state index contributed by atoms with van der Waals surface area (Å²) in [6.07, 6.45) is 6.03. The first-order valence-electron chi connectivity index (χ1n) is 5.39. The van der Waals surface area contributed by atoms with Gasteiger partial charge in [-0.05, 0) is 18.6 Å². The smallest absolute Gasteiger partial charge is 0.239 e. The summed E-state index contributed by atoms with van der Waals surface area (Å²) < 4.78 is 1.56. The molecule has 16 heavy (non-hydrogen) atoms. The van der Waals surface area contributed by atoms with Gasteiger partial charge in [0.15, 0.2) is 0 Å². The van der Waals surface area contributed by atoms with Crippen LogP contribution in [-0.2, 0) is 11.3 Å². The molecule has 1 unspecified atom stereocenters. The van der Waals surface area contributed by atoms with Crippen LogP contribution in [0.25, 0.3) is 0 Å². The second kappa shape index (κ2) is 5.25. The van der Waals surface area contributed by atoms with E-state index in [-0.39, 0.29) is 12.5 Å². The van der Waals surface area contributed by atoms with Gasteiger partial charge in [0.1, 0.15) is 6.54 Å². The molecule has 1 aliphatic rings. The standard InChI is InChI=1S/C10H16N4OS/c11-10(15)6-14-5-9(4-12-14)13-8-2-1-3-16-7-8/h4-5,8,13H,1-3,6-7H2,(H2,11,15). The Morgan fingerprint density at radius 3 is 3.31 bits per heavy atom. The molecule has 5 nitrogen and oxygen atoms in total. The molecule has 1 saturated heterocycles. The molecular formula is C10H16N4OS. The number of aromatic nitrogens is 2. The topological polar surface area (TPSA) is 72.9 Å². The lowest BCUT2D eigenvalue weighted by Crippen LogP contribution is -2.25. The summed E-state index contributed by atoms with van der Waals surface area (Å²) in [4.78, 5) is 10.7. The van der Waals surface area contributed by atoms with E-state index in [0.29, 0.717) is 6.04 Å². The van der Waals surface area contributed by atoms with Crippen molar-refractivity contribution in [2.45, 2.75) is 25.4 Å². The molecule has 6 heteroatoms. The number of primary amides is 1. The fraction of sp³-hybridized carbons (Fsp3) is 0.600. The quantitative estimate of drug-likeness (QED) is 0.811. The third-order valence-corrected chi connectivity index (χ3v) is 3.70. The van der Waals surface area contributed by atoms with Crippen LogP contribution in [0.3, 0.4) is 0 Å². The van der Waals surface area contributed by atoms with Crippen molar-refractivity contribution < 1.29 is 4.79 Å². The van der Waals surface area contributed by atoms with Crippen LogP contribution in [0.4, 0.5) is 5.69 Å². The van der Waals surface area contributed by atoms with E-state index in [2.05, 4.69) is 10.4 Å². The van der Waals surface area contributed by atoms with Crippen molar-refractivity contribution in [2.75, 3.05) is 16.8 Å². The van der Waals surface area contributed by atoms with Gasteiger partial charge in [-0.2, -0.15) is 16.9 Å². The Bertz CT molecular complexity index is 359. The van der Waals surface area contributed by atoms with E-state index in [1.165, 1.54) is 18.6 Å². The first-order valence-corrected chi connectivity index (χ1v) is 6.54. The van der Waals surface area contributed by atoms with Crippen molar-refractivity contribution in [3.8, 4) is 0 Å². The van der Waals surface area contributed by atoms with Crippen molar-refractivity contribution in [1.82, 2.24) is 9.78 Å². The number of amides is 1. The molecule has 0 spiro atoms. The van der Waals surface area contributed by atoms with Crippen LogP contribution in [0, 0.1) is 0 Å². The van der Waals surface area contributed by atoms with Crippen LogP contribution in [0.1, 0.15) is 12.8 Å². The summed E-state index contributed by atoms with van der Waals surface area (Å²) in [5, 5.41) is 7.49. The maximum absolute atomic E-state index is 10.7. The molecule has 3 N–H and O–H groups in total. The first-order chi connectivity index (χ1) is 7.74. The Morgan fingerprint density at radius 1 is 1.75 bits per heavy atom. The zero-order chi connectivity index (χ0) is 11.4. The number of hydrogen-bond acceptors (Lipinski definition) is 4. The number of carbonyl (C=O) groups excluding carboxylic acids is 1. The van der Waals surface area contributed by atoms with E-state index in [1.54, 1.807) is 10.9 Å². The summed E-state index contributed by atoms with van der Waals surface area (Å²) >= 11 is 1.98. The van der Waals surface area contributed by atoms with Crippen LogP contribution >= 0.6 is 11.8 Å². The van der Waals surface area contributed by atoms with Gasteiger partial charge in [-0.15, -0.1) is 0 Å². The molecule has 1 aromatic rings. The van der Waals surface area contributed by atoms with E-state index in [0.717, 1.165) is 11.4 Å². The molecule has 0 aromatic carbocycles. The number of hydrogen-bond donors (Lipinski definition) is 2. The van der Waals surface area contributed by atoms with Crippen LogP contribution in [0.2, 0.25) is 0 Å². The number of thioether (sulfide) groups is 1. The molecule has 1 aliphatic heterocycles. The third kappa shape index (κ3) is 3.16. The molecule has 1 amide bonds. The molecule has 2 rings (SSSR count). The zero-order valence-electron chi connectivity index (χ0n) is 9.06. The third-order valence-electron chi connectivity index (χ3n) is 2.48. The van der Waals surface area contributed by atoms with Crippen LogP contribution in [0.15, 0.2) is 12.4 Å². The second-order valence-corrected chi connectivity index (χ2v) is 5.10. The largest absolute Gasteiger partial charge is 0.379 e. The van der Waals surface area contributed by atoms with E-state index in [1.807, 2.05) is 18.0 Å². The highest BCUT2D eigenvalue weighted by Crippen LogP contribution is 2.20. The summed E-state index contributed by atoms with van der Waals surface area (Å²) in [5.74, 6) is 2.03. The molecule has 0 radical (unpaired) electrons. The van der Waals surface area contributed by atoms with Gasteiger partial charge in [0.25, 0.3) is 0 Å². The van der Waals surface area contributed by atoms with Crippen LogP contribution < -0.4 is 11.1 Å². The highest BCUT2D eigenvalue weighted by atomic mass is 32.2. The van der Waals surface area contributed by atoms with Gasteiger partial charge in [-0.3, -0.25) is 9.48 Å². The molecule has 88 valence electrons. The van der Waals surface area contributed by atoms with Crippen molar-refractivity contribution in [3.63, 3.8) is 0 Å². The van der Waals surface area contributed by atoms with Crippen molar-refractivity contribution in [3.05, 3.63) is 12.4 Å². The summed E-state index contributed by atoms with van der Waals surface area (Å²) in [7, 11) is 0. The van der Waals surface area contributed by atoms with E-state index < -0.39 is 0 Å². The van der Waals surface area contributed by atoms with Gasteiger partial charge in [-0.1, -0.05) is 0 Å². The summed E-state index contributed by atoms with van der Waals surface area (Å²) in [6.45, 7) is 0.140. The second-order valence-electron chi connectivity index (χ2n) is 3.95.